The van der Waals surface area contributed by atoms with Crippen LogP contribution in [-0.2, 0) is 6.67 Å². The van der Waals surface area contributed by atoms with Crippen molar-refractivity contribution in [3.05, 3.63) is 47.5 Å². The van der Waals surface area contributed by atoms with Gasteiger partial charge in [0, 0.05) is 15.8 Å². The number of piperidine rings is 1. The van der Waals surface area contributed by atoms with Crippen LogP contribution >= 0.6 is 11.6 Å². The minimum absolute atomic E-state index is 0.809. The first-order valence-corrected chi connectivity index (χ1v) is 8.09. The minimum atomic E-state index is 0.809. The average Bonchev–Trinajstić information content (AvgIpc) is 2.82. The Balaban J connectivity index is 1.88. The zero-order valence-corrected chi connectivity index (χ0v) is 12.8. The largest absolute Gasteiger partial charge is 0.327 e. The Labute approximate surface area is 129 Å². The summed E-state index contributed by atoms with van der Waals surface area (Å²) in [5.41, 5.74) is 2.59. The van der Waals surface area contributed by atoms with Crippen LogP contribution in [0.3, 0.4) is 0 Å². The van der Waals surface area contributed by atoms with Crippen LogP contribution in [0.4, 0.5) is 0 Å². The molecule has 3 heteroatoms. The van der Waals surface area contributed by atoms with E-state index in [2.05, 4.69) is 45.9 Å². The number of hydrogen-bond donors (Lipinski definition) is 0. The van der Waals surface area contributed by atoms with Gasteiger partial charge in [0.05, 0.1) is 17.7 Å². The predicted molar refractivity (Wildman–Crippen MR) is 89.9 cm³/mol. The summed E-state index contributed by atoms with van der Waals surface area (Å²) >= 11 is 6.20. The van der Waals surface area contributed by atoms with E-state index in [9.17, 15) is 0 Å². The van der Waals surface area contributed by atoms with E-state index in [0.29, 0.717) is 0 Å². The third-order valence-corrected chi connectivity index (χ3v) is 4.76. The highest BCUT2D eigenvalue weighted by atomic mass is 35.5. The van der Waals surface area contributed by atoms with Crippen LogP contribution in [-0.4, -0.2) is 22.6 Å². The second-order valence-corrected chi connectivity index (χ2v) is 6.36. The maximum absolute atomic E-state index is 6.20. The van der Waals surface area contributed by atoms with Gasteiger partial charge >= 0.3 is 0 Å². The highest BCUT2D eigenvalue weighted by molar-refractivity contribution is 6.31. The number of halogens is 1. The predicted octanol–water partition coefficient (Wildman–Crippen LogP) is 4.89. The van der Waals surface area contributed by atoms with E-state index in [-0.39, 0.29) is 0 Å². The first-order chi connectivity index (χ1) is 10.3. The molecular weight excluding hydrogens is 280 g/mol. The highest BCUT2D eigenvalue weighted by Crippen LogP contribution is 2.31. The molecule has 2 nitrogen and oxygen atoms in total. The molecule has 2 heterocycles. The molecule has 1 saturated heterocycles. The Bertz CT molecular complexity index is 784. The quantitative estimate of drug-likeness (QED) is 0.654. The molecule has 0 spiro atoms. The number of benzene rings is 2. The molecule has 4 rings (SSSR count). The number of aromatic nitrogens is 1. The fourth-order valence-electron chi connectivity index (χ4n) is 3.48. The van der Waals surface area contributed by atoms with Crippen LogP contribution in [0.15, 0.2) is 42.5 Å². The Morgan fingerprint density at radius 3 is 2.48 bits per heavy atom. The van der Waals surface area contributed by atoms with E-state index < -0.39 is 0 Å². The molecule has 0 saturated carbocycles. The lowest BCUT2D eigenvalue weighted by molar-refractivity contribution is 0.187. The van der Waals surface area contributed by atoms with Gasteiger partial charge in [-0.3, -0.25) is 4.90 Å². The Kier molecular flexibility index (Phi) is 3.36. The molecule has 0 atom stereocenters. The first kappa shape index (κ1) is 13.2. The highest BCUT2D eigenvalue weighted by Gasteiger charge is 2.15. The lowest BCUT2D eigenvalue weighted by Crippen LogP contribution is -2.31. The van der Waals surface area contributed by atoms with Crippen LogP contribution in [0, 0.1) is 0 Å². The molecule has 0 radical (unpaired) electrons. The van der Waals surface area contributed by atoms with Crippen molar-refractivity contribution in [2.45, 2.75) is 25.9 Å². The summed E-state index contributed by atoms with van der Waals surface area (Å²) < 4.78 is 2.44. The van der Waals surface area contributed by atoms with Crippen molar-refractivity contribution in [2.75, 3.05) is 13.1 Å². The number of hydrogen-bond acceptors (Lipinski definition) is 1. The molecule has 1 aliphatic heterocycles. The number of rotatable bonds is 2. The van der Waals surface area contributed by atoms with Crippen LogP contribution < -0.4 is 0 Å². The molecule has 1 fully saturated rings. The fourth-order valence-corrected chi connectivity index (χ4v) is 3.65. The lowest BCUT2D eigenvalue weighted by atomic mass is 10.1. The van der Waals surface area contributed by atoms with E-state index in [4.69, 9.17) is 11.6 Å². The number of likely N-dealkylation sites (tertiary alicyclic amines) is 1. The van der Waals surface area contributed by atoms with Gasteiger partial charge < -0.3 is 4.57 Å². The van der Waals surface area contributed by atoms with Crippen LogP contribution in [0.2, 0.25) is 5.02 Å². The Hall–Kier alpha value is -1.51. The molecule has 2 aromatic carbocycles. The maximum atomic E-state index is 6.20. The summed E-state index contributed by atoms with van der Waals surface area (Å²) in [5.74, 6) is 0. The number of nitrogens with zero attached hydrogens (tertiary/aromatic N) is 2. The molecular formula is C18H19ClN2. The molecule has 0 amide bonds. The molecule has 1 aromatic heterocycles. The first-order valence-electron chi connectivity index (χ1n) is 7.72. The van der Waals surface area contributed by atoms with Gasteiger partial charge in [-0.05, 0) is 50.2 Å². The fraction of sp³-hybridized carbons (Fsp3) is 0.333. The zero-order chi connectivity index (χ0) is 14.2. The van der Waals surface area contributed by atoms with Gasteiger partial charge in [-0.2, -0.15) is 0 Å². The number of para-hydroxylation sites is 1. The van der Waals surface area contributed by atoms with Crippen LogP contribution in [0.1, 0.15) is 19.3 Å². The van der Waals surface area contributed by atoms with Gasteiger partial charge in [0.25, 0.3) is 0 Å². The molecule has 1 aliphatic rings. The molecule has 0 N–H and O–H groups in total. The van der Waals surface area contributed by atoms with Crippen molar-refractivity contribution < 1.29 is 0 Å². The standard InChI is InChI=1S/C18H19ClN2/c19-14-8-9-18-16(12-14)15-6-2-3-7-17(15)21(18)13-20-10-4-1-5-11-20/h2-3,6-9,12H,1,4-5,10-11,13H2. The molecule has 0 aliphatic carbocycles. The Morgan fingerprint density at radius 2 is 1.62 bits per heavy atom. The van der Waals surface area contributed by atoms with Crippen molar-refractivity contribution in [3.63, 3.8) is 0 Å². The minimum Gasteiger partial charge on any atom is -0.327 e. The normalized spacial score (nSPS) is 16.8. The SMILES string of the molecule is Clc1ccc2c(c1)c1ccccc1n2CN1CCCCC1. The average molecular weight is 299 g/mol. The van der Waals surface area contributed by atoms with E-state index in [1.807, 2.05) is 6.07 Å². The molecule has 21 heavy (non-hydrogen) atoms. The van der Waals surface area contributed by atoms with Crippen molar-refractivity contribution in [1.82, 2.24) is 9.47 Å². The van der Waals surface area contributed by atoms with Gasteiger partial charge in [-0.1, -0.05) is 36.2 Å². The topological polar surface area (TPSA) is 8.17 Å². The second kappa shape index (κ2) is 5.36. The van der Waals surface area contributed by atoms with Gasteiger partial charge in [0.1, 0.15) is 0 Å². The van der Waals surface area contributed by atoms with E-state index in [1.54, 1.807) is 0 Å². The summed E-state index contributed by atoms with van der Waals surface area (Å²) in [6.07, 6.45) is 4.02. The van der Waals surface area contributed by atoms with E-state index >= 15 is 0 Å². The third-order valence-electron chi connectivity index (χ3n) is 4.52. The molecule has 0 bridgehead atoms. The second-order valence-electron chi connectivity index (χ2n) is 5.93. The van der Waals surface area contributed by atoms with Crippen molar-refractivity contribution in [2.24, 2.45) is 0 Å². The number of fused-ring (bicyclic) bond motifs is 3. The summed E-state index contributed by atoms with van der Waals surface area (Å²) in [7, 11) is 0. The third kappa shape index (κ3) is 2.33. The molecule has 0 unspecified atom stereocenters. The van der Waals surface area contributed by atoms with Crippen molar-refractivity contribution in [3.8, 4) is 0 Å². The van der Waals surface area contributed by atoms with Crippen molar-refractivity contribution >= 4 is 33.4 Å². The van der Waals surface area contributed by atoms with Gasteiger partial charge in [0.15, 0.2) is 0 Å². The molecule has 108 valence electrons. The lowest BCUT2D eigenvalue weighted by Gasteiger charge is -2.27. The summed E-state index contributed by atoms with van der Waals surface area (Å²) in [6, 6.07) is 14.9. The van der Waals surface area contributed by atoms with Crippen LogP contribution in [0.5, 0.6) is 0 Å². The molecule has 3 aromatic rings. The smallest absolute Gasteiger partial charge is 0.0757 e. The maximum Gasteiger partial charge on any atom is 0.0757 e. The van der Waals surface area contributed by atoms with Crippen LogP contribution in [0.25, 0.3) is 21.8 Å². The van der Waals surface area contributed by atoms with E-state index in [0.717, 1.165) is 11.7 Å². The van der Waals surface area contributed by atoms with Gasteiger partial charge in [0.2, 0.25) is 0 Å². The summed E-state index contributed by atoms with van der Waals surface area (Å²) in [4.78, 5) is 2.56. The van der Waals surface area contributed by atoms with E-state index in [1.165, 1.54) is 54.2 Å². The Morgan fingerprint density at radius 1 is 0.857 bits per heavy atom. The van der Waals surface area contributed by atoms with Gasteiger partial charge in [-0.25, -0.2) is 0 Å². The zero-order valence-electron chi connectivity index (χ0n) is 12.1. The summed E-state index contributed by atoms with van der Waals surface area (Å²) in [6.45, 7) is 3.40. The monoisotopic (exact) mass is 298 g/mol. The summed E-state index contributed by atoms with van der Waals surface area (Å²) in [5, 5.41) is 3.37. The van der Waals surface area contributed by atoms with Crippen molar-refractivity contribution in [1.29, 1.82) is 0 Å². The van der Waals surface area contributed by atoms with Gasteiger partial charge in [-0.15, -0.1) is 0 Å².